The van der Waals surface area contributed by atoms with Crippen LogP contribution in [0.4, 0.5) is 0 Å². The smallest absolute Gasteiger partial charge is 0.00435 e. The molecule has 0 bridgehead atoms. The number of nitrogens with two attached hydrogens (primary N) is 1. The van der Waals surface area contributed by atoms with Crippen LogP contribution in [0.2, 0.25) is 0 Å². The molecule has 0 aromatic heterocycles. The Morgan fingerprint density at radius 1 is 1.25 bits per heavy atom. The van der Waals surface area contributed by atoms with Gasteiger partial charge < -0.3 is 5.73 Å². The van der Waals surface area contributed by atoms with Gasteiger partial charge >= 0.3 is 0 Å². The second-order valence-electron chi connectivity index (χ2n) is 3.82. The van der Waals surface area contributed by atoms with Crippen molar-refractivity contribution in [2.75, 3.05) is 0 Å². The fourth-order valence-corrected chi connectivity index (χ4v) is 1.29. The molecule has 0 saturated carbocycles. The van der Waals surface area contributed by atoms with Crippen LogP contribution in [0.5, 0.6) is 0 Å². The average Bonchev–Trinajstić information content (AvgIpc) is 1.84. The van der Waals surface area contributed by atoms with Crippen LogP contribution in [0.3, 0.4) is 0 Å². The summed E-state index contributed by atoms with van der Waals surface area (Å²) in [5.41, 5.74) is 9.36. The minimum atomic E-state index is 0.564. The molecule has 2 N–H and O–H groups in total. The molecular weight excluding hydrogens is 146 g/mol. The van der Waals surface area contributed by atoms with Gasteiger partial charge in [-0.3, -0.25) is 0 Å². The van der Waals surface area contributed by atoms with E-state index in [4.69, 9.17) is 5.73 Å². The fraction of sp³-hybridized carbons (Fsp3) is 0.636. The molecule has 0 radical (unpaired) electrons. The van der Waals surface area contributed by atoms with Crippen LogP contribution < -0.4 is 5.73 Å². The molecule has 0 saturated heterocycles. The molecule has 0 rings (SSSR count). The van der Waals surface area contributed by atoms with Gasteiger partial charge in [0.05, 0.1) is 0 Å². The van der Waals surface area contributed by atoms with Gasteiger partial charge in [0.1, 0.15) is 0 Å². The van der Waals surface area contributed by atoms with E-state index in [1.807, 2.05) is 6.92 Å². The summed E-state index contributed by atoms with van der Waals surface area (Å²) >= 11 is 0. The number of hydrogen-bond donors (Lipinski definition) is 1. The van der Waals surface area contributed by atoms with E-state index in [-0.39, 0.29) is 0 Å². The highest BCUT2D eigenvalue weighted by atomic mass is 14.6. The highest BCUT2D eigenvalue weighted by Crippen LogP contribution is 2.19. The summed E-state index contributed by atoms with van der Waals surface area (Å²) in [7, 11) is 0. The summed E-state index contributed by atoms with van der Waals surface area (Å²) in [6.45, 7) is 12.3. The molecule has 0 aromatic carbocycles. The third-order valence-electron chi connectivity index (χ3n) is 2.02. The van der Waals surface area contributed by atoms with E-state index in [0.717, 1.165) is 18.5 Å². The van der Waals surface area contributed by atoms with Crippen molar-refractivity contribution < 1.29 is 0 Å². The molecule has 0 atom stereocenters. The van der Waals surface area contributed by atoms with Crippen LogP contribution in [0.15, 0.2) is 23.4 Å². The average molecular weight is 167 g/mol. The van der Waals surface area contributed by atoms with Crippen LogP contribution in [-0.2, 0) is 0 Å². The Morgan fingerprint density at radius 3 is 2.00 bits per heavy atom. The van der Waals surface area contributed by atoms with Crippen molar-refractivity contribution in [1.29, 1.82) is 0 Å². The van der Waals surface area contributed by atoms with Gasteiger partial charge in [-0.15, -0.1) is 6.58 Å². The Balaban J connectivity index is 4.18. The van der Waals surface area contributed by atoms with Gasteiger partial charge in [-0.25, -0.2) is 0 Å². The van der Waals surface area contributed by atoms with E-state index in [9.17, 15) is 0 Å². The minimum absolute atomic E-state index is 0.564. The van der Waals surface area contributed by atoms with Crippen molar-refractivity contribution in [1.82, 2.24) is 0 Å². The summed E-state index contributed by atoms with van der Waals surface area (Å²) in [4.78, 5) is 0. The SMILES string of the molecule is C=C(C)CC/C(=C(\C)N)C(C)C. The van der Waals surface area contributed by atoms with Crippen LogP contribution in [0, 0.1) is 5.92 Å². The zero-order valence-electron chi connectivity index (χ0n) is 8.78. The van der Waals surface area contributed by atoms with Gasteiger partial charge in [-0.05, 0) is 38.2 Å². The van der Waals surface area contributed by atoms with Crippen LogP contribution in [0.1, 0.15) is 40.5 Å². The zero-order valence-corrected chi connectivity index (χ0v) is 8.78. The molecule has 0 aliphatic heterocycles. The molecule has 0 fully saturated rings. The first-order valence-corrected chi connectivity index (χ1v) is 4.54. The largest absolute Gasteiger partial charge is 0.402 e. The predicted molar refractivity (Wildman–Crippen MR) is 55.8 cm³/mol. The van der Waals surface area contributed by atoms with Crippen LogP contribution >= 0.6 is 0 Å². The zero-order chi connectivity index (χ0) is 9.72. The minimum Gasteiger partial charge on any atom is -0.402 e. The van der Waals surface area contributed by atoms with Crippen molar-refractivity contribution in [2.24, 2.45) is 11.7 Å². The third-order valence-corrected chi connectivity index (χ3v) is 2.02. The first-order chi connectivity index (χ1) is 5.45. The molecule has 0 unspecified atom stereocenters. The molecule has 12 heavy (non-hydrogen) atoms. The lowest BCUT2D eigenvalue weighted by Crippen LogP contribution is -2.04. The van der Waals surface area contributed by atoms with E-state index in [1.165, 1.54) is 11.1 Å². The van der Waals surface area contributed by atoms with Gasteiger partial charge in [0.15, 0.2) is 0 Å². The van der Waals surface area contributed by atoms with E-state index in [1.54, 1.807) is 0 Å². The molecular formula is C11H21N. The lowest BCUT2D eigenvalue weighted by atomic mass is 9.95. The summed E-state index contributed by atoms with van der Waals surface area (Å²) in [6, 6.07) is 0. The fourth-order valence-electron chi connectivity index (χ4n) is 1.29. The van der Waals surface area contributed by atoms with Crippen molar-refractivity contribution in [3.8, 4) is 0 Å². The Kier molecular flexibility index (Phi) is 4.72. The van der Waals surface area contributed by atoms with E-state index >= 15 is 0 Å². The molecule has 0 spiro atoms. The number of hydrogen-bond acceptors (Lipinski definition) is 1. The molecule has 0 aliphatic carbocycles. The van der Waals surface area contributed by atoms with Crippen LogP contribution in [-0.4, -0.2) is 0 Å². The van der Waals surface area contributed by atoms with Gasteiger partial charge in [-0.2, -0.15) is 0 Å². The Bertz CT molecular complexity index is 183. The van der Waals surface area contributed by atoms with E-state index < -0.39 is 0 Å². The maximum Gasteiger partial charge on any atom is 0.00435 e. The normalized spacial score (nSPS) is 13.1. The highest BCUT2D eigenvalue weighted by molar-refractivity contribution is 5.12. The van der Waals surface area contributed by atoms with Gasteiger partial charge in [-0.1, -0.05) is 19.4 Å². The third kappa shape index (κ3) is 4.22. The summed E-state index contributed by atoms with van der Waals surface area (Å²) < 4.78 is 0. The molecule has 0 aliphatic rings. The van der Waals surface area contributed by atoms with Crippen molar-refractivity contribution in [3.05, 3.63) is 23.4 Å². The molecule has 0 amide bonds. The second-order valence-corrected chi connectivity index (χ2v) is 3.82. The molecule has 0 heterocycles. The first-order valence-electron chi connectivity index (χ1n) is 4.54. The Morgan fingerprint density at radius 2 is 1.75 bits per heavy atom. The molecule has 1 heteroatoms. The number of allylic oxidation sites excluding steroid dienone is 3. The van der Waals surface area contributed by atoms with Gasteiger partial charge in [0.2, 0.25) is 0 Å². The predicted octanol–water partition coefficient (Wildman–Crippen LogP) is 3.23. The lowest BCUT2D eigenvalue weighted by molar-refractivity contribution is 0.693. The maximum atomic E-state index is 5.77. The standard InChI is InChI=1S/C11H21N/c1-8(2)6-7-11(9(3)4)10(5)12/h9H,1,6-7,12H2,2-5H3/b11-10-. The van der Waals surface area contributed by atoms with Crippen molar-refractivity contribution in [2.45, 2.75) is 40.5 Å². The summed E-state index contributed by atoms with van der Waals surface area (Å²) in [6.07, 6.45) is 2.12. The molecule has 1 nitrogen and oxygen atoms in total. The summed E-state index contributed by atoms with van der Waals surface area (Å²) in [5, 5.41) is 0. The molecule has 0 aromatic rings. The van der Waals surface area contributed by atoms with E-state index in [2.05, 4.69) is 27.4 Å². The Labute approximate surface area is 76.3 Å². The highest BCUT2D eigenvalue weighted by Gasteiger charge is 2.05. The molecule has 70 valence electrons. The first kappa shape index (κ1) is 11.3. The van der Waals surface area contributed by atoms with Crippen LogP contribution in [0.25, 0.3) is 0 Å². The van der Waals surface area contributed by atoms with Gasteiger partial charge in [0, 0.05) is 5.70 Å². The van der Waals surface area contributed by atoms with Crippen molar-refractivity contribution >= 4 is 0 Å². The maximum absolute atomic E-state index is 5.77. The van der Waals surface area contributed by atoms with E-state index in [0.29, 0.717) is 5.92 Å². The second kappa shape index (κ2) is 5.02. The number of rotatable bonds is 4. The Hall–Kier alpha value is -0.720. The quantitative estimate of drug-likeness (QED) is 0.639. The van der Waals surface area contributed by atoms with Crippen molar-refractivity contribution in [3.63, 3.8) is 0 Å². The topological polar surface area (TPSA) is 26.0 Å². The van der Waals surface area contributed by atoms with Gasteiger partial charge in [0.25, 0.3) is 0 Å². The summed E-state index contributed by atoms with van der Waals surface area (Å²) in [5.74, 6) is 0.564. The monoisotopic (exact) mass is 167 g/mol. The lowest BCUT2D eigenvalue weighted by Gasteiger charge is -2.13.